The molecule has 0 N–H and O–H groups in total. The third kappa shape index (κ3) is 21.7. The van der Waals surface area contributed by atoms with Crippen LogP contribution in [0.25, 0.3) is 0 Å². The molecule has 2 unspecified atom stereocenters. The molecule has 0 aliphatic carbocycles. The highest BCUT2D eigenvalue weighted by Crippen LogP contribution is 2.17. The molecule has 0 heterocycles. The van der Waals surface area contributed by atoms with Crippen LogP contribution in [0.5, 0.6) is 0 Å². The van der Waals surface area contributed by atoms with Gasteiger partial charge >= 0.3 is 0 Å². The second kappa shape index (κ2) is 27.7. The zero-order valence-corrected chi connectivity index (χ0v) is 25.6. The van der Waals surface area contributed by atoms with Crippen LogP contribution >= 0.6 is 0 Å². The van der Waals surface area contributed by atoms with Crippen molar-refractivity contribution in [1.29, 1.82) is 0 Å². The Morgan fingerprint density at radius 3 is 1.42 bits per heavy atom. The van der Waals surface area contributed by atoms with Gasteiger partial charge in [0.15, 0.2) is 0 Å². The van der Waals surface area contributed by atoms with Gasteiger partial charge in [-0.2, -0.15) is 0 Å². The molecule has 2 aromatic rings. The zero-order chi connectivity index (χ0) is 28.1. The van der Waals surface area contributed by atoms with Crippen LogP contribution in [0.1, 0.15) is 141 Å². The van der Waals surface area contributed by atoms with Crippen molar-refractivity contribution in [2.24, 2.45) is 0 Å². The lowest BCUT2D eigenvalue weighted by molar-refractivity contribution is 0.611. The SMILES string of the molecule is C=CC(C)c1ccccc1.C=CCCCCCCCC.CCCCCCCC/C=C/C(C)c1ccccc1. The summed E-state index contributed by atoms with van der Waals surface area (Å²) in [5, 5.41) is 0. The minimum Gasteiger partial charge on any atom is -0.103 e. The molecule has 212 valence electrons. The Morgan fingerprint density at radius 2 is 0.974 bits per heavy atom. The van der Waals surface area contributed by atoms with Gasteiger partial charge < -0.3 is 0 Å². The van der Waals surface area contributed by atoms with Crippen LogP contribution in [0.3, 0.4) is 0 Å². The van der Waals surface area contributed by atoms with Crippen molar-refractivity contribution in [2.45, 2.75) is 129 Å². The maximum atomic E-state index is 3.74. The van der Waals surface area contributed by atoms with Gasteiger partial charge in [0.1, 0.15) is 0 Å². The first-order chi connectivity index (χ1) is 18.6. The summed E-state index contributed by atoms with van der Waals surface area (Å²) >= 11 is 0. The van der Waals surface area contributed by atoms with Crippen molar-refractivity contribution in [3.8, 4) is 0 Å². The molecular weight excluding hydrogens is 456 g/mol. The number of allylic oxidation sites excluding steroid dienone is 4. The van der Waals surface area contributed by atoms with Gasteiger partial charge in [-0.05, 0) is 48.6 Å². The summed E-state index contributed by atoms with van der Waals surface area (Å²) in [5.41, 5.74) is 2.74. The summed E-state index contributed by atoms with van der Waals surface area (Å²) in [6.45, 7) is 16.4. The molecule has 0 aliphatic rings. The van der Waals surface area contributed by atoms with Crippen LogP contribution in [-0.4, -0.2) is 0 Å². The lowest BCUT2D eigenvalue weighted by atomic mass is 10.00. The Morgan fingerprint density at radius 1 is 0.553 bits per heavy atom. The van der Waals surface area contributed by atoms with E-state index >= 15 is 0 Å². The molecule has 0 heteroatoms. The predicted molar refractivity (Wildman–Crippen MR) is 175 cm³/mol. The number of rotatable bonds is 18. The Balaban J connectivity index is 0.000000584. The van der Waals surface area contributed by atoms with Crippen molar-refractivity contribution >= 4 is 0 Å². The van der Waals surface area contributed by atoms with E-state index in [0.717, 1.165) is 0 Å². The average molecular weight is 517 g/mol. The minimum absolute atomic E-state index is 0.473. The molecule has 2 rings (SSSR count). The van der Waals surface area contributed by atoms with E-state index in [1.165, 1.54) is 101 Å². The highest BCUT2D eigenvalue weighted by molar-refractivity contribution is 5.23. The molecule has 0 nitrogen and oxygen atoms in total. The Hall–Kier alpha value is -2.34. The topological polar surface area (TPSA) is 0 Å². The summed E-state index contributed by atoms with van der Waals surface area (Å²) in [5.74, 6) is 1.02. The molecule has 0 fully saturated rings. The molecule has 38 heavy (non-hydrogen) atoms. The average Bonchev–Trinajstić information content (AvgIpc) is 2.97. The van der Waals surface area contributed by atoms with Crippen LogP contribution in [0.4, 0.5) is 0 Å². The van der Waals surface area contributed by atoms with Crippen LogP contribution in [0.15, 0.2) is 98.1 Å². The largest absolute Gasteiger partial charge is 0.103 e. The summed E-state index contributed by atoms with van der Waals surface area (Å²) in [6.07, 6.45) is 27.8. The molecule has 2 atom stereocenters. The highest BCUT2D eigenvalue weighted by Gasteiger charge is 1.99. The van der Waals surface area contributed by atoms with Gasteiger partial charge in [0.2, 0.25) is 0 Å². The number of benzene rings is 2. The smallest absolute Gasteiger partial charge is 0.00104 e. The van der Waals surface area contributed by atoms with E-state index in [-0.39, 0.29) is 0 Å². The number of unbranched alkanes of at least 4 members (excludes halogenated alkanes) is 12. The van der Waals surface area contributed by atoms with Crippen molar-refractivity contribution in [3.63, 3.8) is 0 Å². The minimum atomic E-state index is 0.473. The predicted octanol–water partition coefficient (Wildman–Crippen LogP) is 13.0. The van der Waals surface area contributed by atoms with Gasteiger partial charge in [0.25, 0.3) is 0 Å². The van der Waals surface area contributed by atoms with Crippen molar-refractivity contribution in [3.05, 3.63) is 109 Å². The van der Waals surface area contributed by atoms with Gasteiger partial charge in [-0.25, -0.2) is 0 Å². The van der Waals surface area contributed by atoms with Gasteiger partial charge in [-0.3, -0.25) is 0 Å². The first-order valence-corrected chi connectivity index (χ1v) is 15.6. The fourth-order valence-corrected chi connectivity index (χ4v) is 4.17. The fourth-order valence-electron chi connectivity index (χ4n) is 4.17. The Labute approximate surface area is 238 Å². The highest BCUT2D eigenvalue weighted by atomic mass is 14.0. The fraction of sp³-hybridized carbons (Fsp3) is 0.526. The molecule has 0 bridgehead atoms. The summed E-state index contributed by atoms with van der Waals surface area (Å²) in [6, 6.07) is 21.1. The maximum Gasteiger partial charge on any atom is -0.00104 e. The van der Waals surface area contributed by atoms with Crippen LogP contribution < -0.4 is 0 Å². The first kappa shape index (κ1) is 35.7. The molecule has 2 aromatic carbocycles. The third-order valence-corrected chi connectivity index (χ3v) is 6.92. The lowest BCUT2D eigenvalue weighted by Crippen LogP contribution is -1.87. The van der Waals surface area contributed by atoms with E-state index in [1.807, 2.05) is 18.2 Å². The monoisotopic (exact) mass is 516 g/mol. The van der Waals surface area contributed by atoms with E-state index in [9.17, 15) is 0 Å². The zero-order valence-electron chi connectivity index (χ0n) is 25.6. The summed E-state index contributed by atoms with van der Waals surface area (Å²) < 4.78 is 0. The van der Waals surface area contributed by atoms with Crippen molar-refractivity contribution in [2.75, 3.05) is 0 Å². The van der Waals surface area contributed by atoms with Crippen molar-refractivity contribution in [1.82, 2.24) is 0 Å². The van der Waals surface area contributed by atoms with Gasteiger partial charge in [0, 0.05) is 0 Å². The molecule has 0 amide bonds. The Bertz CT molecular complexity index is 770. The van der Waals surface area contributed by atoms with Crippen LogP contribution in [0, 0.1) is 0 Å². The second-order valence-corrected chi connectivity index (χ2v) is 10.5. The van der Waals surface area contributed by atoms with E-state index in [2.05, 4.69) is 108 Å². The van der Waals surface area contributed by atoms with E-state index < -0.39 is 0 Å². The van der Waals surface area contributed by atoms with E-state index in [4.69, 9.17) is 0 Å². The van der Waals surface area contributed by atoms with Crippen LogP contribution in [-0.2, 0) is 0 Å². The van der Waals surface area contributed by atoms with Gasteiger partial charge in [-0.1, -0.05) is 177 Å². The van der Waals surface area contributed by atoms with E-state index in [0.29, 0.717) is 11.8 Å². The lowest BCUT2D eigenvalue weighted by Gasteiger charge is -2.05. The third-order valence-electron chi connectivity index (χ3n) is 6.92. The maximum absolute atomic E-state index is 3.74. The normalized spacial score (nSPS) is 12.0. The van der Waals surface area contributed by atoms with Crippen molar-refractivity contribution < 1.29 is 0 Å². The Kier molecular flexibility index (Phi) is 26.0. The molecule has 0 aromatic heterocycles. The van der Waals surface area contributed by atoms with E-state index in [1.54, 1.807) is 0 Å². The second-order valence-electron chi connectivity index (χ2n) is 10.5. The quantitative estimate of drug-likeness (QED) is 0.136. The summed E-state index contributed by atoms with van der Waals surface area (Å²) in [7, 11) is 0. The summed E-state index contributed by atoms with van der Waals surface area (Å²) in [4.78, 5) is 0. The first-order valence-electron chi connectivity index (χ1n) is 15.6. The molecule has 0 spiro atoms. The molecular formula is C38H60. The molecule has 0 radical (unpaired) electrons. The standard InChI is InChI=1S/C18H28.C10H12.C10H20/c1-3-4-5-6-7-8-9-11-14-17(2)18-15-12-10-13-16-18;1-3-9(2)10-7-5-4-6-8-10;1-3-5-7-9-10-8-6-4-2/h10-17H,3-9H2,1-2H3;3-9H,1H2,2H3;3H,1,4-10H2,2H3/b14-11+;;. The molecule has 0 saturated heterocycles. The molecule has 0 aliphatic heterocycles. The number of hydrogen-bond acceptors (Lipinski definition) is 0. The van der Waals surface area contributed by atoms with Gasteiger partial charge in [-0.15, -0.1) is 13.2 Å². The number of hydrogen-bond donors (Lipinski definition) is 0. The van der Waals surface area contributed by atoms with Crippen LogP contribution in [0.2, 0.25) is 0 Å². The molecule has 0 saturated carbocycles. The van der Waals surface area contributed by atoms with Gasteiger partial charge in [0.05, 0.1) is 0 Å².